The summed E-state index contributed by atoms with van der Waals surface area (Å²) in [6.45, 7) is 2.44. The Bertz CT molecular complexity index is 180. The molecule has 1 aliphatic rings. The predicted molar refractivity (Wildman–Crippen MR) is 50.1 cm³/mol. The van der Waals surface area contributed by atoms with Crippen molar-refractivity contribution in [2.24, 2.45) is 5.73 Å². The Kier molecular flexibility index (Phi) is 3.69. The number of amides is 1. The molecule has 4 nitrogen and oxygen atoms in total. The Balaban J connectivity index is 2.49. The fourth-order valence-electron chi connectivity index (χ4n) is 1.69. The molecule has 1 unspecified atom stereocenters. The third-order valence-electron chi connectivity index (χ3n) is 2.81. The molecule has 3 N–H and O–H groups in total. The highest BCUT2D eigenvalue weighted by molar-refractivity contribution is 5.79. The maximum Gasteiger partial charge on any atom is 0.234 e. The Hall–Kier alpha value is -0.610. The number of hydrogen-bond donors (Lipinski definition) is 2. The third-order valence-corrected chi connectivity index (χ3v) is 2.81. The van der Waals surface area contributed by atoms with Crippen LogP contribution in [0.1, 0.15) is 26.2 Å². The average Bonchev–Trinajstić information content (AvgIpc) is 1.99. The van der Waals surface area contributed by atoms with Gasteiger partial charge < -0.3 is 10.8 Å². The molecule has 4 heteroatoms. The van der Waals surface area contributed by atoms with Gasteiger partial charge in [-0.1, -0.05) is 6.42 Å². The minimum atomic E-state index is -0.305. The predicted octanol–water partition coefficient (Wildman–Crippen LogP) is -0.293. The van der Waals surface area contributed by atoms with Crippen LogP contribution in [-0.4, -0.2) is 41.1 Å². The first-order chi connectivity index (χ1) is 6.16. The van der Waals surface area contributed by atoms with Gasteiger partial charge in [-0.05, 0) is 19.8 Å². The largest absolute Gasteiger partial charge is 0.395 e. The summed E-state index contributed by atoms with van der Waals surface area (Å²) in [5, 5.41) is 8.84. The Labute approximate surface area is 78.7 Å². The lowest BCUT2D eigenvalue weighted by atomic mass is 9.90. The van der Waals surface area contributed by atoms with Gasteiger partial charge in [0.15, 0.2) is 0 Å². The van der Waals surface area contributed by atoms with Crippen LogP contribution in [0.15, 0.2) is 0 Å². The van der Waals surface area contributed by atoms with E-state index in [0.717, 1.165) is 12.8 Å². The van der Waals surface area contributed by atoms with Gasteiger partial charge in [0.1, 0.15) is 0 Å². The van der Waals surface area contributed by atoms with Gasteiger partial charge in [0.05, 0.1) is 12.6 Å². The van der Waals surface area contributed by atoms with Crippen molar-refractivity contribution in [1.82, 2.24) is 4.90 Å². The van der Waals surface area contributed by atoms with Crippen molar-refractivity contribution < 1.29 is 9.90 Å². The topological polar surface area (TPSA) is 66.6 Å². The van der Waals surface area contributed by atoms with E-state index in [-0.39, 0.29) is 18.6 Å². The zero-order chi connectivity index (χ0) is 9.84. The van der Waals surface area contributed by atoms with Crippen LogP contribution in [0.3, 0.4) is 0 Å². The van der Waals surface area contributed by atoms with Crippen LogP contribution in [0.25, 0.3) is 0 Å². The summed E-state index contributed by atoms with van der Waals surface area (Å²) in [7, 11) is 0. The van der Waals surface area contributed by atoms with Crippen molar-refractivity contribution >= 4 is 5.91 Å². The average molecular weight is 186 g/mol. The molecular formula is C9H18N2O2. The van der Waals surface area contributed by atoms with E-state index in [9.17, 15) is 4.79 Å². The maximum absolute atomic E-state index is 11.0. The van der Waals surface area contributed by atoms with Crippen molar-refractivity contribution in [1.29, 1.82) is 0 Å². The van der Waals surface area contributed by atoms with Gasteiger partial charge in [-0.2, -0.15) is 0 Å². The van der Waals surface area contributed by atoms with Crippen LogP contribution in [0.4, 0.5) is 0 Å². The summed E-state index contributed by atoms with van der Waals surface area (Å²) < 4.78 is 0. The lowest BCUT2D eigenvalue weighted by Crippen LogP contribution is -2.51. The minimum Gasteiger partial charge on any atom is -0.395 e. The molecule has 0 aromatic rings. The molecule has 76 valence electrons. The number of primary amides is 1. The smallest absolute Gasteiger partial charge is 0.234 e. The molecular weight excluding hydrogens is 168 g/mol. The fourth-order valence-corrected chi connectivity index (χ4v) is 1.69. The number of aliphatic hydroxyl groups is 1. The van der Waals surface area contributed by atoms with Crippen molar-refractivity contribution in [3.63, 3.8) is 0 Å². The SMILES string of the molecule is CC(C(N)=O)N(CCO)C1CCC1. The van der Waals surface area contributed by atoms with Crippen molar-refractivity contribution in [3.05, 3.63) is 0 Å². The standard InChI is InChI=1S/C9H18N2O2/c1-7(9(10)13)11(5-6-12)8-3-2-4-8/h7-8,12H,2-6H2,1H3,(H2,10,13). The molecule has 1 fully saturated rings. The Morgan fingerprint density at radius 1 is 1.69 bits per heavy atom. The Morgan fingerprint density at radius 3 is 2.62 bits per heavy atom. The number of nitrogens with zero attached hydrogens (tertiary/aromatic N) is 1. The number of carbonyl (C=O) groups excluding carboxylic acids is 1. The molecule has 0 aromatic carbocycles. The molecule has 1 rings (SSSR count). The first-order valence-electron chi connectivity index (χ1n) is 4.82. The maximum atomic E-state index is 11.0. The zero-order valence-corrected chi connectivity index (χ0v) is 8.07. The quantitative estimate of drug-likeness (QED) is 0.620. The number of hydrogen-bond acceptors (Lipinski definition) is 3. The van der Waals surface area contributed by atoms with Crippen molar-refractivity contribution in [2.45, 2.75) is 38.3 Å². The summed E-state index contributed by atoms with van der Waals surface area (Å²) in [6.07, 6.45) is 3.47. The molecule has 1 atom stereocenters. The summed E-state index contributed by atoms with van der Waals surface area (Å²) in [5.74, 6) is -0.305. The second-order valence-electron chi connectivity index (χ2n) is 3.62. The second-order valence-corrected chi connectivity index (χ2v) is 3.62. The fraction of sp³-hybridized carbons (Fsp3) is 0.889. The first kappa shape index (κ1) is 10.5. The summed E-state index contributed by atoms with van der Waals surface area (Å²) in [4.78, 5) is 13.0. The summed E-state index contributed by atoms with van der Waals surface area (Å²) >= 11 is 0. The van der Waals surface area contributed by atoms with Crippen molar-refractivity contribution in [3.8, 4) is 0 Å². The molecule has 13 heavy (non-hydrogen) atoms. The minimum absolute atomic E-state index is 0.0914. The van der Waals surface area contributed by atoms with E-state index in [2.05, 4.69) is 0 Å². The number of aliphatic hydroxyl groups excluding tert-OH is 1. The van der Waals surface area contributed by atoms with E-state index in [1.54, 1.807) is 6.92 Å². The van der Waals surface area contributed by atoms with Crippen LogP contribution in [-0.2, 0) is 4.79 Å². The van der Waals surface area contributed by atoms with Gasteiger partial charge in [0.25, 0.3) is 0 Å². The number of nitrogens with two attached hydrogens (primary N) is 1. The molecule has 1 amide bonds. The summed E-state index contributed by atoms with van der Waals surface area (Å²) in [5.41, 5.74) is 5.22. The lowest BCUT2D eigenvalue weighted by molar-refractivity contribution is -0.124. The molecule has 0 saturated heterocycles. The van der Waals surface area contributed by atoms with Gasteiger partial charge in [-0.15, -0.1) is 0 Å². The molecule has 0 heterocycles. The van der Waals surface area contributed by atoms with Crippen LogP contribution >= 0.6 is 0 Å². The molecule has 1 aliphatic carbocycles. The van der Waals surface area contributed by atoms with Gasteiger partial charge in [-0.25, -0.2) is 0 Å². The van der Waals surface area contributed by atoms with Gasteiger partial charge in [0.2, 0.25) is 5.91 Å². The highest BCUT2D eigenvalue weighted by Gasteiger charge is 2.30. The summed E-state index contributed by atoms with van der Waals surface area (Å²) in [6, 6.07) is 0.201. The number of carbonyl (C=O) groups is 1. The highest BCUT2D eigenvalue weighted by atomic mass is 16.3. The normalized spacial score (nSPS) is 19.9. The van der Waals surface area contributed by atoms with E-state index in [4.69, 9.17) is 10.8 Å². The zero-order valence-electron chi connectivity index (χ0n) is 8.07. The number of rotatable bonds is 5. The highest BCUT2D eigenvalue weighted by Crippen LogP contribution is 2.25. The molecule has 0 radical (unpaired) electrons. The van der Waals surface area contributed by atoms with Crippen LogP contribution < -0.4 is 5.73 Å². The van der Waals surface area contributed by atoms with E-state index in [1.165, 1.54) is 6.42 Å². The lowest BCUT2D eigenvalue weighted by Gasteiger charge is -2.39. The molecule has 0 spiro atoms. The molecule has 0 bridgehead atoms. The molecule has 0 aliphatic heterocycles. The van der Waals surface area contributed by atoms with Crippen LogP contribution in [0, 0.1) is 0 Å². The van der Waals surface area contributed by atoms with Crippen LogP contribution in [0.2, 0.25) is 0 Å². The first-order valence-corrected chi connectivity index (χ1v) is 4.82. The van der Waals surface area contributed by atoms with Gasteiger partial charge in [0, 0.05) is 12.6 Å². The van der Waals surface area contributed by atoms with E-state index in [1.807, 2.05) is 4.90 Å². The van der Waals surface area contributed by atoms with E-state index >= 15 is 0 Å². The van der Waals surface area contributed by atoms with E-state index < -0.39 is 0 Å². The van der Waals surface area contributed by atoms with Gasteiger partial charge in [-0.3, -0.25) is 9.69 Å². The second kappa shape index (κ2) is 4.58. The van der Waals surface area contributed by atoms with Gasteiger partial charge >= 0.3 is 0 Å². The molecule has 0 aromatic heterocycles. The van der Waals surface area contributed by atoms with E-state index in [0.29, 0.717) is 12.6 Å². The monoisotopic (exact) mass is 186 g/mol. The Morgan fingerprint density at radius 2 is 2.31 bits per heavy atom. The van der Waals surface area contributed by atoms with Crippen LogP contribution in [0.5, 0.6) is 0 Å². The molecule has 1 saturated carbocycles. The third kappa shape index (κ3) is 2.42. The van der Waals surface area contributed by atoms with Crippen molar-refractivity contribution in [2.75, 3.05) is 13.2 Å².